The Labute approximate surface area is 109 Å². The van der Waals surface area contributed by atoms with Crippen molar-refractivity contribution < 1.29 is 0 Å². The van der Waals surface area contributed by atoms with Crippen molar-refractivity contribution >= 4 is 43.5 Å². The summed E-state index contributed by atoms with van der Waals surface area (Å²) in [5.41, 5.74) is 0.893. The molecule has 0 aliphatic rings. The van der Waals surface area contributed by atoms with E-state index in [0.717, 1.165) is 14.8 Å². The van der Waals surface area contributed by atoms with Crippen LogP contribution in [0, 0.1) is 0 Å². The van der Waals surface area contributed by atoms with Crippen molar-refractivity contribution in [3.8, 4) is 11.4 Å². The van der Waals surface area contributed by atoms with Crippen molar-refractivity contribution in [1.29, 1.82) is 0 Å². The van der Waals surface area contributed by atoms with E-state index in [0.29, 0.717) is 10.8 Å². The van der Waals surface area contributed by atoms with Crippen LogP contribution in [-0.2, 0) is 0 Å². The molecule has 15 heavy (non-hydrogen) atoms. The largest absolute Gasteiger partial charge is 0.221 e. The Morgan fingerprint density at radius 2 is 1.67 bits per heavy atom. The molecule has 2 nitrogen and oxygen atoms in total. The van der Waals surface area contributed by atoms with Gasteiger partial charge in [0.2, 0.25) is 0 Å². The molecule has 2 rings (SSSR count). The van der Waals surface area contributed by atoms with Crippen LogP contribution in [-0.4, -0.2) is 9.97 Å². The number of aromatic nitrogens is 2. The molecule has 0 saturated carbocycles. The van der Waals surface area contributed by atoms with Crippen molar-refractivity contribution in [2.45, 2.75) is 0 Å². The van der Waals surface area contributed by atoms with E-state index in [2.05, 4.69) is 41.8 Å². The normalized spacial score (nSPS) is 10.3. The zero-order valence-corrected chi connectivity index (χ0v) is 11.3. The molecular weight excluding hydrogens is 343 g/mol. The van der Waals surface area contributed by atoms with Gasteiger partial charge in [-0.1, -0.05) is 23.7 Å². The van der Waals surface area contributed by atoms with Gasteiger partial charge in [-0.15, -0.1) is 0 Å². The highest BCUT2D eigenvalue weighted by Gasteiger charge is 2.04. The van der Waals surface area contributed by atoms with Gasteiger partial charge < -0.3 is 0 Å². The average molecular weight is 348 g/mol. The fourth-order valence-corrected chi connectivity index (χ4v) is 2.41. The van der Waals surface area contributed by atoms with Crippen LogP contribution in [0.5, 0.6) is 0 Å². The van der Waals surface area contributed by atoms with Crippen molar-refractivity contribution in [3.05, 3.63) is 44.6 Å². The molecule has 0 aliphatic heterocycles. The van der Waals surface area contributed by atoms with E-state index < -0.39 is 0 Å². The smallest absolute Gasteiger partial charge is 0.161 e. The second kappa shape index (κ2) is 4.60. The SMILES string of the molecule is Clc1cccc(-c2nc(Br)cc(Br)n2)c1. The van der Waals surface area contributed by atoms with E-state index in [-0.39, 0.29) is 0 Å². The van der Waals surface area contributed by atoms with Crippen molar-refractivity contribution in [2.75, 3.05) is 0 Å². The molecule has 0 unspecified atom stereocenters. The zero-order valence-electron chi connectivity index (χ0n) is 7.42. The molecule has 0 fully saturated rings. The maximum absolute atomic E-state index is 5.90. The minimum absolute atomic E-state index is 0.638. The molecule has 0 bridgehead atoms. The maximum Gasteiger partial charge on any atom is 0.161 e. The van der Waals surface area contributed by atoms with Crippen LogP contribution in [0.1, 0.15) is 0 Å². The lowest BCUT2D eigenvalue weighted by Gasteiger charge is -2.01. The minimum atomic E-state index is 0.638. The summed E-state index contributed by atoms with van der Waals surface area (Å²) < 4.78 is 1.47. The Bertz CT molecular complexity index is 482. The molecule has 0 atom stereocenters. The van der Waals surface area contributed by atoms with Crippen molar-refractivity contribution in [3.63, 3.8) is 0 Å². The number of hydrogen-bond acceptors (Lipinski definition) is 2. The molecule has 2 aromatic rings. The Hall–Kier alpha value is -0.450. The third-order valence-electron chi connectivity index (χ3n) is 1.75. The van der Waals surface area contributed by atoms with E-state index in [1.807, 2.05) is 24.3 Å². The molecule has 0 saturated heterocycles. The molecule has 1 aromatic carbocycles. The standard InChI is InChI=1S/C10H5Br2ClN2/c11-8-5-9(12)15-10(14-8)6-2-1-3-7(13)4-6/h1-5H. The highest BCUT2D eigenvalue weighted by atomic mass is 79.9. The Balaban J connectivity index is 2.54. The van der Waals surface area contributed by atoms with Gasteiger partial charge in [-0.25, -0.2) is 9.97 Å². The second-order valence-electron chi connectivity index (χ2n) is 2.85. The first-order chi connectivity index (χ1) is 7.15. The van der Waals surface area contributed by atoms with E-state index >= 15 is 0 Å². The van der Waals surface area contributed by atoms with Crippen LogP contribution in [0.25, 0.3) is 11.4 Å². The summed E-state index contributed by atoms with van der Waals surface area (Å²) in [6, 6.07) is 9.22. The number of hydrogen-bond donors (Lipinski definition) is 0. The first-order valence-electron chi connectivity index (χ1n) is 4.11. The molecule has 5 heteroatoms. The van der Waals surface area contributed by atoms with Crippen molar-refractivity contribution in [1.82, 2.24) is 9.97 Å². The number of rotatable bonds is 1. The number of halogens is 3. The lowest BCUT2D eigenvalue weighted by atomic mass is 10.2. The highest BCUT2D eigenvalue weighted by molar-refractivity contribution is 9.11. The van der Waals surface area contributed by atoms with Gasteiger partial charge in [-0.3, -0.25) is 0 Å². The van der Waals surface area contributed by atoms with Crippen LogP contribution in [0.15, 0.2) is 39.5 Å². The molecule has 0 N–H and O–H groups in total. The fraction of sp³-hybridized carbons (Fsp3) is 0. The molecule has 0 amide bonds. The third kappa shape index (κ3) is 2.77. The molecule has 0 aliphatic carbocycles. The van der Waals surface area contributed by atoms with Crippen LogP contribution in [0.4, 0.5) is 0 Å². The van der Waals surface area contributed by atoms with Gasteiger partial charge in [0.1, 0.15) is 9.21 Å². The van der Waals surface area contributed by atoms with Crippen LogP contribution < -0.4 is 0 Å². The Morgan fingerprint density at radius 1 is 1.00 bits per heavy atom. The molecule has 0 spiro atoms. The van der Waals surface area contributed by atoms with Crippen LogP contribution >= 0.6 is 43.5 Å². The quantitative estimate of drug-likeness (QED) is 0.717. The van der Waals surface area contributed by atoms with Crippen LogP contribution in [0.3, 0.4) is 0 Å². The number of benzene rings is 1. The molecule has 1 heterocycles. The lowest BCUT2D eigenvalue weighted by molar-refractivity contribution is 1.12. The van der Waals surface area contributed by atoms with Gasteiger partial charge in [0.15, 0.2) is 5.82 Å². The summed E-state index contributed by atoms with van der Waals surface area (Å²) in [7, 11) is 0. The second-order valence-corrected chi connectivity index (χ2v) is 4.91. The first-order valence-corrected chi connectivity index (χ1v) is 6.07. The summed E-state index contributed by atoms with van der Waals surface area (Å²) in [4.78, 5) is 8.52. The Morgan fingerprint density at radius 3 is 2.27 bits per heavy atom. The predicted molar refractivity (Wildman–Crippen MR) is 67.9 cm³/mol. The third-order valence-corrected chi connectivity index (χ3v) is 2.79. The number of nitrogens with zero attached hydrogens (tertiary/aromatic N) is 2. The molecule has 0 radical (unpaired) electrons. The van der Waals surface area contributed by atoms with E-state index in [4.69, 9.17) is 11.6 Å². The molecule has 76 valence electrons. The summed E-state index contributed by atoms with van der Waals surface area (Å²) in [5, 5.41) is 0.673. The molecular formula is C10H5Br2ClN2. The van der Waals surface area contributed by atoms with Gasteiger partial charge >= 0.3 is 0 Å². The van der Waals surface area contributed by atoms with Gasteiger partial charge in [-0.05, 0) is 44.0 Å². The summed E-state index contributed by atoms with van der Waals surface area (Å²) >= 11 is 12.5. The monoisotopic (exact) mass is 346 g/mol. The van der Waals surface area contributed by atoms with Crippen molar-refractivity contribution in [2.24, 2.45) is 0 Å². The van der Waals surface area contributed by atoms with E-state index in [1.54, 1.807) is 6.07 Å². The zero-order chi connectivity index (χ0) is 10.8. The van der Waals surface area contributed by atoms with Crippen LogP contribution in [0.2, 0.25) is 5.02 Å². The topological polar surface area (TPSA) is 25.8 Å². The van der Waals surface area contributed by atoms with Gasteiger partial charge in [0, 0.05) is 16.7 Å². The molecule has 1 aromatic heterocycles. The lowest BCUT2D eigenvalue weighted by Crippen LogP contribution is -1.90. The van der Waals surface area contributed by atoms with E-state index in [9.17, 15) is 0 Å². The Kier molecular flexibility index (Phi) is 3.38. The minimum Gasteiger partial charge on any atom is -0.221 e. The fourth-order valence-electron chi connectivity index (χ4n) is 1.15. The van der Waals surface area contributed by atoms with Gasteiger partial charge in [-0.2, -0.15) is 0 Å². The predicted octanol–water partition coefficient (Wildman–Crippen LogP) is 4.32. The first kappa shape index (κ1) is 11.0. The van der Waals surface area contributed by atoms with Gasteiger partial charge in [0.05, 0.1) is 0 Å². The average Bonchev–Trinajstić information content (AvgIpc) is 2.16. The van der Waals surface area contributed by atoms with E-state index in [1.165, 1.54) is 0 Å². The summed E-state index contributed by atoms with van der Waals surface area (Å²) in [6.07, 6.45) is 0. The summed E-state index contributed by atoms with van der Waals surface area (Å²) in [6.45, 7) is 0. The van der Waals surface area contributed by atoms with Gasteiger partial charge in [0.25, 0.3) is 0 Å². The maximum atomic E-state index is 5.90. The highest BCUT2D eigenvalue weighted by Crippen LogP contribution is 2.23. The summed E-state index contributed by atoms with van der Waals surface area (Å²) in [5.74, 6) is 0.638.